The SMILES string of the molecule is O=S(=O)(NCCc1cc(F)cc(F)c1)C1CCNCC1. The van der Waals surface area contributed by atoms with Crippen LogP contribution in [0.1, 0.15) is 18.4 Å². The quantitative estimate of drug-likeness (QED) is 0.859. The molecule has 1 fully saturated rings. The van der Waals surface area contributed by atoms with E-state index in [1.807, 2.05) is 0 Å². The summed E-state index contributed by atoms with van der Waals surface area (Å²) in [4.78, 5) is 0. The van der Waals surface area contributed by atoms with E-state index in [0.29, 0.717) is 31.5 Å². The molecule has 0 unspecified atom stereocenters. The second-order valence-electron chi connectivity index (χ2n) is 4.92. The molecule has 2 rings (SSSR count). The smallest absolute Gasteiger partial charge is 0.214 e. The zero-order chi connectivity index (χ0) is 14.6. The maximum absolute atomic E-state index is 13.0. The number of benzene rings is 1. The zero-order valence-electron chi connectivity index (χ0n) is 11.0. The molecule has 1 aliphatic rings. The van der Waals surface area contributed by atoms with Crippen LogP contribution in [0.5, 0.6) is 0 Å². The van der Waals surface area contributed by atoms with Crippen LogP contribution in [0.2, 0.25) is 0 Å². The number of hydrogen-bond donors (Lipinski definition) is 2. The first-order chi connectivity index (χ1) is 9.47. The Balaban J connectivity index is 1.88. The van der Waals surface area contributed by atoms with E-state index in [0.717, 1.165) is 6.07 Å². The minimum absolute atomic E-state index is 0.148. The molecule has 0 aromatic heterocycles. The van der Waals surface area contributed by atoms with Crippen LogP contribution in [-0.4, -0.2) is 33.3 Å². The molecule has 0 atom stereocenters. The number of sulfonamides is 1. The van der Waals surface area contributed by atoms with E-state index in [4.69, 9.17) is 0 Å². The molecule has 0 bridgehead atoms. The highest BCUT2D eigenvalue weighted by Crippen LogP contribution is 2.12. The first-order valence-electron chi connectivity index (χ1n) is 6.61. The van der Waals surface area contributed by atoms with Gasteiger partial charge < -0.3 is 5.32 Å². The van der Waals surface area contributed by atoms with Crippen molar-refractivity contribution in [2.75, 3.05) is 19.6 Å². The molecule has 1 saturated heterocycles. The third kappa shape index (κ3) is 4.22. The fraction of sp³-hybridized carbons (Fsp3) is 0.538. The molecule has 7 heteroatoms. The van der Waals surface area contributed by atoms with Gasteiger partial charge in [0.1, 0.15) is 11.6 Å². The first kappa shape index (κ1) is 15.3. The fourth-order valence-corrected chi connectivity index (χ4v) is 3.80. The molecule has 1 aromatic rings. The van der Waals surface area contributed by atoms with Gasteiger partial charge in [-0.25, -0.2) is 21.9 Å². The average molecular weight is 304 g/mol. The maximum Gasteiger partial charge on any atom is 0.214 e. The fourth-order valence-electron chi connectivity index (χ4n) is 2.32. The summed E-state index contributed by atoms with van der Waals surface area (Å²) in [6.07, 6.45) is 1.44. The van der Waals surface area contributed by atoms with Crippen molar-refractivity contribution in [2.24, 2.45) is 0 Å². The summed E-state index contributed by atoms with van der Waals surface area (Å²) in [5, 5.41) is 2.72. The van der Waals surface area contributed by atoms with Crippen molar-refractivity contribution in [1.82, 2.24) is 10.0 Å². The molecule has 0 amide bonds. The van der Waals surface area contributed by atoms with Crippen LogP contribution >= 0.6 is 0 Å². The van der Waals surface area contributed by atoms with Crippen molar-refractivity contribution >= 4 is 10.0 Å². The van der Waals surface area contributed by atoms with Crippen molar-refractivity contribution in [1.29, 1.82) is 0 Å². The van der Waals surface area contributed by atoms with E-state index < -0.39 is 21.7 Å². The van der Waals surface area contributed by atoms with Gasteiger partial charge in [-0.1, -0.05) is 0 Å². The molecule has 0 aliphatic carbocycles. The van der Waals surface area contributed by atoms with Crippen LogP contribution in [0, 0.1) is 11.6 Å². The highest BCUT2D eigenvalue weighted by atomic mass is 32.2. The van der Waals surface area contributed by atoms with Gasteiger partial charge in [-0.15, -0.1) is 0 Å². The Morgan fingerprint density at radius 1 is 1.15 bits per heavy atom. The maximum atomic E-state index is 13.0. The van der Waals surface area contributed by atoms with Crippen LogP contribution in [0.15, 0.2) is 18.2 Å². The Morgan fingerprint density at radius 2 is 1.75 bits per heavy atom. The van der Waals surface area contributed by atoms with Gasteiger partial charge in [0.05, 0.1) is 5.25 Å². The van der Waals surface area contributed by atoms with E-state index in [1.165, 1.54) is 12.1 Å². The lowest BCUT2D eigenvalue weighted by molar-refractivity contribution is 0.489. The van der Waals surface area contributed by atoms with E-state index in [9.17, 15) is 17.2 Å². The molecule has 4 nitrogen and oxygen atoms in total. The van der Waals surface area contributed by atoms with Crippen molar-refractivity contribution in [3.8, 4) is 0 Å². The Bertz CT molecular complexity index is 537. The van der Waals surface area contributed by atoms with Crippen molar-refractivity contribution in [3.63, 3.8) is 0 Å². The Morgan fingerprint density at radius 3 is 2.35 bits per heavy atom. The highest BCUT2D eigenvalue weighted by Gasteiger charge is 2.26. The summed E-state index contributed by atoms with van der Waals surface area (Å²) in [5.74, 6) is -1.30. The van der Waals surface area contributed by atoms with Gasteiger partial charge in [-0.3, -0.25) is 0 Å². The standard InChI is InChI=1S/C13H18F2N2O2S/c14-11-7-10(8-12(15)9-11)1-6-17-20(18,19)13-2-4-16-5-3-13/h7-9,13,16-17H,1-6H2. The van der Waals surface area contributed by atoms with Crippen molar-refractivity contribution in [2.45, 2.75) is 24.5 Å². The van der Waals surface area contributed by atoms with Crippen LogP contribution < -0.4 is 10.0 Å². The van der Waals surface area contributed by atoms with Crippen LogP contribution in [-0.2, 0) is 16.4 Å². The van der Waals surface area contributed by atoms with Gasteiger partial charge in [0.25, 0.3) is 0 Å². The van der Waals surface area contributed by atoms with E-state index in [1.54, 1.807) is 0 Å². The molecule has 1 aliphatic heterocycles. The zero-order valence-corrected chi connectivity index (χ0v) is 11.8. The van der Waals surface area contributed by atoms with Crippen molar-refractivity contribution in [3.05, 3.63) is 35.4 Å². The Kier molecular flexibility index (Phi) is 5.06. The summed E-state index contributed by atoms with van der Waals surface area (Å²) in [6, 6.07) is 3.21. The lowest BCUT2D eigenvalue weighted by atomic mass is 10.1. The summed E-state index contributed by atoms with van der Waals surface area (Å²) >= 11 is 0. The third-order valence-electron chi connectivity index (χ3n) is 3.36. The molecule has 0 saturated carbocycles. The van der Waals surface area contributed by atoms with Gasteiger partial charge in [-0.2, -0.15) is 0 Å². The predicted molar refractivity (Wildman–Crippen MR) is 72.9 cm³/mol. The normalized spacial score (nSPS) is 17.3. The van der Waals surface area contributed by atoms with Gasteiger partial charge in [0.15, 0.2) is 0 Å². The predicted octanol–water partition coefficient (Wildman–Crippen LogP) is 1.18. The van der Waals surface area contributed by atoms with Crippen molar-refractivity contribution < 1.29 is 17.2 Å². The second-order valence-corrected chi connectivity index (χ2v) is 6.96. The molecular weight excluding hydrogens is 286 g/mol. The minimum Gasteiger partial charge on any atom is -0.317 e. The monoisotopic (exact) mass is 304 g/mol. The van der Waals surface area contributed by atoms with Crippen LogP contribution in [0.4, 0.5) is 8.78 Å². The van der Waals surface area contributed by atoms with Gasteiger partial charge in [0, 0.05) is 12.6 Å². The molecule has 20 heavy (non-hydrogen) atoms. The van der Waals surface area contributed by atoms with E-state index >= 15 is 0 Å². The van der Waals surface area contributed by atoms with E-state index in [2.05, 4.69) is 10.0 Å². The molecule has 0 spiro atoms. The molecule has 2 N–H and O–H groups in total. The molecular formula is C13H18F2N2O2S. The summed E-state index contributed by atoms with van der Waals surface area (Å²) in [5.41, 5.74) is 0.440. The summed E-state index contributed by atoms with van der Waals surface area (Å²) in [7, 11) is -3.35. The number of halogens is 2. The molecule has 1 heterocycles. The number of nitrogens with one attached hydrogen (secondary N) is 2. The van der Waals surface area contributed by atoms with Gasteiger partial charge >= 0.3 is 0 Å². The van der Waals surface area contributed by atoms with Crippen LogP contribution in [0.25, 0.3) is 0 Å². The number of hydrogen-bond acceptors (Lipinski definition) is 3. The number of rotatable bonds is 5. The largest absolute Gasteiger partial charge is 0.317 e. The lowest BCUT2D eigenvalue weighted by Gasteiger charge is -2.22. The minimum atomic E-state index is -3.35. The van der Waals surface area contributed by atoms with Gasteiger partial charge in [0.2, 0.25) is 10.0 Å². The van der Waals surface area contributed by atoms with E-state index in [-0.39, 0.29) is 18.2 Å². The van der Waals surface area contributed by atoms with Crippen LogP contribution in [0.3, 0.4) is 0 Å². The average Bonchev–Trinajstić information content (AvgIpc) is 2.38. The third-order valence-corrected chi connectivity index (χ3v) is 5.32. The second kappa shape index (κ2) is 6.60. The molecule has 0 radical (unpaired) electrons. The topological polar surface area (TPSA) is 58.2 Å². The Labute approximate surface area is 117 Å². The first-order valence-corrected chi connectivity index (χ1v) is 8.16. The molecule has 1 aromatic carbocycles. The summed E-state index contributed by atoms with van der Waals surface area (Å²) in [6.45, 7) is 1.54. The summed E-state index contributed by atoms with van der Waals surface area (Å²) < 4.78 is 52.5. The lowest BCUT2D eigenvalue weighted by Crippen LogP contribution is -2.42. The Hall–Kier alpha value is -1.05. The highest BCUT2D eigenvalue weighted by molar-refractivity contribution is 7.90. The number of piperidine rings is 1. The van der Waals surface area contributed by atoms with Gasteiger partial charge in [-0.05, 0) is 50.0 Å². The molecule has 112 valence electrons.